The molecule has 0 unspecified atom stereocenters. The van der Waals surface area contributed by atoms with Gasteiger partial charge in [-0.1, -0.05) is 12.1 Å². The third kappa shape index (κ3) is 5.56. The van der Waals surface area contributed by atoms with Gasteiger partial charge in [0.2, 0.25) is 0 Å². The molecule has 0 aliphatic carbocycles. The monoisotopic (exact) mass is 444 g/mol. The highest BCUT2D eigenvalue weighted by atomic mass is 19.1. The highest BCUT2D eigenvalue weighted by molar-refractivity contribution is 5.93. The molecule has 8 heteroatoms. The van der Waals surface area contributed by atoms with E-state index in [-0.39, 0.29) is 41.7 Å². The standard InChI is InChI=1S/C24H29FN2O5/c1-16-13-27(17(2)12-26(16)14-18-5-7-19(25)8-6-18)23(28)15-32-22-11-20(30-3)9-10-21(22)24(29)31-4/h5-11,16-17H,12-15H2,1-4H3/t16-,17+/m1/s1. The molecule has 3 rings (SSSR count). The molecular weight excluding hydrogens is 415 g/mol. The molecule has 2 aromatic rings. The van der Waals surface area contributed by atoms with Crippen molar-refractivity contribution in [2.75, 3.05) is 33.9 Å². The Hall–Kier alpha value is -3.13. The lowest BCUT2D eigenvalue weighted by Crippen LogP contribution is -2.58. The number of esters is 1. The first-order chi connectivity index (χ1) is 15.3. The predicted octanol–water partition coefficient (Wildman–Crippen LogP) is 3.12. The van der Waals surface area contributed by atoms with Crippen molar-refractivity contribution < 1.29 is 28.2 Å². The molecule has 0 saturated carbocycles. The molecule has 1 fully saturated rings. The number of hydrogen-bond acceptors (Lipinski definition) is 6. The number of hydrogen-bond donors (Lipinski definition) is 0. The Morgan fingerprint density at radius 3 is 2.41 bits per heavy atom. The van der Waals surface area contributed by atoms with Gasteiger partial charge in [0, 0.05) is 37.8 Å². The van der Waals surface area contributed by atoms with Gasteiger partial charge in [-0.15, -0.1) is 0 Å². The highest BCUT2D eigenvalue weighted by Gasteiger charge is 2.32. The number of benzene rings is 2. The average Bonchev–Trinajstić information content (AvgIpc) is 2.80. The van der Waals surface area contributed by atoms with Crippen LogP contribution in [0.3, 0.4) is 0 Å². The van der Waals surface area contributed by atoms with Gasteiger partial charge in [0.1, 0.15) is 22.9 Å². The summed E-state index contributed by atoms with van der Waals surface area (Å²) in [7, 11) is 2.80. The first-order valence-corrected chi connectivity index (χ1v) is 10.5. The minimum atomic E-state index is -0.550. The molecule has 1 aliphatic heterocycles. The van der Waals surface area contributed by atoms with E-state index in [1.807, 2.05) is 6.92 Å². The maximum Gasteiger partial charge on any atom is 0.341 e. The van der Waals surface area contributed by atoms with Crippen LogP contribution in [-0.4, -0.2) is 67.7 Å². The third-order valence-electron chi connectivity index (χ3n) is 5.68. The first kappa shape index (κ1) is 23.5. The number of methoxy groups -OCH3 is 2. The summed E-state index contributed by atoms with van der Waals surface area (Å²) in [6, 6.07) is 11.3. The van der Waals surface area contributed by atoms with Crippen LogP contribution in [0, 0.1) is 5.82 Å². The molecule has 0 N–H and O–H groups in total. The van der Waals surface area contributed by atoms with Crippen LogP contribution in [0.2, 0.25) is 0 Å². The van der Waals surface area contributed by atoms with Crippen LogP contribution < -0.4 is 9.47 Å². The fourth-order valence-corrected chi connectivity index (χ4v) is 3.84. The van der Waals surface area contributed by atoms with Crippen molar-refractivity contribution in [2.24, 2.45) is 0 Å². The quantitative estimate of drug-likeness (QED) is 0.612. The number of amides is 1. The molecule has 0 radical (unpaired) electrons. The molecule has 1 heterocycles. The van der Waals surface area contributed by atoms with E-state index in [2.05, 4.69) is 11.8 Å². The second-order valence-corrected chi connectivity index (χ2v) is 7.94. The number of nitrogens with zero attached hydrogens (tertiary/aromatic N) is 2. The normalized spacial score (nSPS) is 18.8. The van der Waals surface area contributed by atoms with Gasteiger partial charge in [0.25, 0.3) is 5.91 Å². The van der Waals surface area contributed by atoms with Gasteiger partial charge in [-0.25, -0.2) is 9.18 Å². The molecular formula is C24H29FN2O5. The minimum Gasteiger partial charge on any atom is -0.497 e. The third-order valence-corrected chi connectivity index (χ3v) is 5.68. The predicted molar refractivity (Wildman–Crippen MR) is 117 cm³/mol. The Morgan fingerprint density at radius 1 is 1.03 bits per heavy atom. The molecule has 7 nitrogen and oxygen atoms in total. The molecule has 0 spiro atoms. The molecule has 0 aromatic heterocycles. The first-order valence-electron chi connectivity index (χ1n) is 10.5. The van der Waals surface area contributed by atoms with E-state index in [1.165, 1.54) is 26.4 Å². The number of halogens is 1. The number of carbonyl (C=O) groups excluding carboxylic acids is 2. The Balaban J connectivity index is 1.63. The van der Waals surface area contributed by atoms with E-state index < -0.39 is 5.97 Å². The topological polar surface area (TPSA) is 68.3 Å². The summed E-state index contributed by atoms with van der Waals surface area (Å²) >= 11 is 0. The average molecular weight is 445 g/mol. The zero-order chi connectivity index (χ0) is 23.3. The second-order valence-electron chi connectivity index (χ2n) is 7.94. The number of carbonyl (C=O) groups is 2. The van der Waals surface area contributed by atoms with Crippen LogP contribution in [0.1, 0.15) is 29.8 Å². The highest BCUT2D eigenvalue weighted by Crippen LogP contribution is 2.26. The van der Waals surface area contributed by atoms with Crippen molar-refractivity contribution in [1.29, 1.82) is 0 Å². The maximum atomic E-state index is 13.2. The van der Waals surface area contributed by atoms with Gasteiger partial charge >= 0.3 is 5.97 Å². The van der Waals surface area contributed by atoms with Crippen molar-refractivity contribution in [3.63, 3.8) is 0 Å². The Morgan fingerprint density at radius 2 is 1.75 bits per heavy atom. The molecule has 0 bridgehead atoms. The maximum absolute atomic E-state index is 13.2. The van der Waals surface area contributed by atoms with E-state index in [1.54, 1.807) is 35.2 Å². The Labute approximate surface area is 187 Å². The molecule has 172 valence electrons. The van der Waals surface area contributed by atoms with Gasteiger partial charge < -0.3 is 19.1 Å². The van der Waals surface area contributed by atoms with Crippen molar-refractivity contribution in [3.05, 3.63) is 59.4 Å². The second kappa shape index (κ2) is 10.5. The van der Waals surface area contributed by atoms with E-state index >= 15 is 0 Å². The van der Waals surface area contributed by atoms with Gasteiger partial charge in [-0.3, -0.25) is 9.69 Å². The Kier molecular flexibility index (Phi) is 7.69. The molecule has 1 amide bonds. The number of ether oxygens (including phenoxy) is 3. The summed E-state index contributed by atoms with van der Waals surface area (Å²) in [5.74, 6) is -0.218. The SMILES string of the molecule is COC(=O)c1ccc(OC)cc1OCC(=O)N1C[C@@H](C)N(Cc2ccc(F)cc2)C[C@@H]1C. The number of piperazine rings is 1. The lowest BCUT2D eigenvalue weighted by Gasteiger charge is -2.44. The summed E-state index contributed by atoms with van der Waals surface area (Å²) in [4.78, 5) is 29.0. The summed E-state index contributed by atoms with van der Waals surface area (Å²) in [5.41, 5.74) is 1.26. The number of rotatable bonds is 7. The molecule has 2 aromatic carbocycles. The zero-order valence-electron chi connectivity index (χ0n) is 18.8. The van der Waals surface area contributed by atoms with E-state index in [0.717, 1.165) is 5.56 Å². The van der Waals surface area contributed by atoms with Gasteiger partial charge in [-0.2, -0.15) is 0 Å². The Bertz CT molecular complexity index is 950. The fraction of sp³-hybridized carbons (Fsp3) is 0.417. The molecule has 2 atom stereocenters. The minimum absolute atomic E-state index is 0.0202. The summed E-state index contributed by atoms with van der Waals surface area (Å²) in [5, 5.41) is 0. The van der Waals surface area contributed by atoms with Crippen LogP contribution >= 0.6 is 0 Å². The lowest BCUT2D eigenvalue weighted by molar-refractivity contribution is -0.139. The van der Waals surface area contributed by atoms with E-state index in [0.29, 0.717) is 25.4 Å². The molecule has 1 aliphatic rings. The van der Waals surface area contributed by atoms with Crippen LogP contribution in [0.15, 0.2) is 42.5 Å². The lowest BCUT2D eigenvalue weighted by atomic mass is 10.1. The largest absolute Gasteiger partial charge is 0.497 e. The van der Waals surface area contributed by atoms with Crippen molar-refractivity contribution in [2.45, 2.75) is 32.5 Å². The van der Waals surface area contributed by atoms with Crippen molar-refractivity contribution >= 4 is 11.9 Å². The molecule has 32 heavy (non-hydrogen) atoms. The van der Waals surface area contributed by atoms with E-state index in [9.17, 15) is 14.0 Å². The van der Waals surface area contributed by atoms with Crippen LogP contribution in [0.5, 0.6) is 11.5 Å². The summed E-state index contributed by atoms with van der Waals surface area (Å²) in [6.07, 6.45) is 0. The fourth-order valence-electron chi connectivity index (χ4n) is 3.84. The van der Waals surface area contributed by atoms with Crippen LogP contribution in [-0.2, 0) is 16.1 Å². The molecule has 1 saturated heterocycles. The van der Waals surface area contributed by atoms with Crippen LogP contribution in [0.25, 0.3) is 0 Å². The van der Waals surface area contributed by atoms with Gasteiger partial charge in [-0.05, 0) is 43.7 Å². The van der Waals surface area contributed by atoms with E-state index in [4.69, 9.17) is 14.2 Å². The van der Waals surface area contributed by atoms with Gasteiger partial charge in [0.15, 0.2) is 6.61 Å². The smallest absolute Gasteiger partial charge is 0.341 e. The summed E-state index contributed by atoms with van der Waals surface area (Å²) < 4.78 is 28.9. The summed E-state index contributed by atoms with van der Waals surface area (Å²) in [6.45, 7) is 5.78. The van der Waals surface area contributed by atoms with Crippen LogP contribution in [0.4, 0.5) is 4.39 Å². The van der Waals surface area contributed by atoms with Gasteiger partial charge in [0.05, 0.1) is 14.2 Å². The van der Waals surface area contributed by atoms with Crippen molar-refractivity contribution in [3.8, 4) is 11.5 Å². The van der Waals surface area contributed by atoms with Crippen molar-refractivity contribution in [1.82, 2.24) is 9.80 Å². The zero-order valence-corrected chi connectivity index (χ0v) is 18.8.